The Morgan fingerprint density at radius 1 is 1.03 bits per heavy atom. The van der Waals surface area contributed by atoms with Gasteiger partial charge in [-0.3, -0.25) is 9.59 Å². The topological polar surface area (TPSA) is 63.0 Å². The van der Waals surface area contributed by atoms with Crippen LogP contribution in [-0.4, -0.2) is 49.5 Å². The fourth-order valence-electron chi connectivity index (χ4n) is 4.59. The summed E-state index contributed by atoms with van der Waals surface area (Å²) in [5.41, 5.74) is 1.39. The smallest absolute Gasteiger partial charge is 0.290 e. The van der Waals surface area contributed by atoms with Gasteiger partial charge in [-0.1, -0.05) is 49.9 Å². The summed E-state index contributed by atoms with van der Waals surface area (Å²) < 4.78 is 11.9. The highest BCUT2D eigenvalue weighted by Gasteiger charge is 2.42. The van der Waals surface area contributed by atoms with E-state index >= 15 is 0 Å². The van der Waals surface area contributed by atoms with Gasteiger partial charge >= 0.3 is 0 Å². The van der Waals surface area contributed by atoms with Crippen molar-refractivity contribution in [1.29, 1.82) is 0 Å². The number of amides is 1. The minimum atomic E-state index is -0.516. The average Bonchev–Trinajstić information content (AvgIpc) is 3.11. The summed E-state index contributed by atoms with van der Waals surface area (Å²) in [6.07, 6.45) is 5.36. The van der Waals surface area contributed by atoms with Gasteiger partial charge in [-0.2, -0.15) is 0 Å². The summed E-state index contributed by atoms with van der Waals surface area (Å²) in [6.45, 7) is 4.21. The van der Waals surface area contributed by atoms with Crippen LogP contribution in [0.2, 0.25) is 5.02 Å². The SMILES string of the molecule is CCCCCCOc1ccc(C2c3c(oc4ccc(Cl)cc4c3=O)C(=O)N2CCCN(C)C)cc1. The van der Waals surface area contributed by atoms with Crippen LogP contribution in [0.4, 0.5) is 0 Å². The van der Waals surface area contributed by atoms with Crippen molar-refractivity contribution in [3.05, 3.63) is 74.6 Å². The van der Waals surface area contributed by atoms with E-state index in [4.69, 9.17) is 20.8 Å². The zero-order valence-corrected chi connectivity index (χ0v) is 21.4. The van der Waals surface area contributed by atoms with Gasteiger partial charge in [-0.05, 0) is 69.4 Å². The molecular formula is C28H33ClN2O4. The summed E-state index contributed by atoms with van der Waals surface area (Å²) in [6, 6.07) is 12.1. The second-order valence-electron chi connectivity index (χ2n) is 9.35. The quantitative estimate of drug-likeness (QED) is 0.309. The standard InChI is InChI=1S/C28H33ClN2O4/c1-4-5-6-7-17-34-21-12-9-19(10-13-21)25-24-26(32)22-18-20(29)11-14-23(22)35-27(24)28(33)31(25)16-8-15-30(2)3/h9-14,18,25H,4-8,15-17H2,1-3H3. The monoisotopic (exact) mass is 496 g/mol. The Hall–Kier alpha value is -2.83. The highest BCUT2D eigenvalue weighted by atomic mass is 35.5. The molecule has 0 saturated carbocycles. The van der Waals surface area contributed by atoms with E-state index in [9.17, 15) is 9.59 Å². The maximum atomic E-state index is 13.6. The molecule has 2 aromatic carbocycles. The normalized spacial score (nSPS) is 15.3. The van der Waals surface area contributed by atoms with Gasteiger partial charge in [0.1, 0.15) is 11.3 Å². The Morgan fingerprint density at radius 3 is 2.51 bits per heavy atom. The van der Waals surface area contributed by atoms with Crippen LogP contribution in [0.3, 0.4) is 0 Å². The fraction of sp³-hybridized carbons (Fsp3) is 0.429. The van der Waals surface area contributed by atoms with Gasteiger partial charge in [0, 0.05) is 11.6 Å². The Morgan fingerprint density at radius 2 is 1.80 bits per heavy atom. The van der Waals surface area contributed by atoms with Crippen molar-refractivity contribution in [3.63, 3.8) is 0 Å². The fourth-order valence-corrected chi connectivity index (χ4v) is 4.76. The molecule has 0 bridgehead atoms. The summed E-state index contributed by atoms with van der Waals surface area (Å²) in [5.74, 6) is 0.649. The number of ether oxygens (including phenoxy) is 1. The predicted octanol–water partition coefficient (Wildman–Crippen LogP) is 5.90. The molecule has 1 aliphatic heterocycles. The van der Waals surface area contributed by atoms with Crippen LogP contribution in [0, 0.1) is 0 Å². The van der Waals surface area contributed by atoms with Crippen LogP contribution in [0.25, 0.3) is 11.0 Å². The Bertz CT molecular complexity index is 1240. The Balaban J connectivity index is 1.67. The molecule has 35 heavy (non-hydrogen) atoms. The van der Waals surface area contributed by atoms with Gasteiger partial charge in [-0.15, -0.1) is 0 Å². The minimum absolute atomic E-state index is 0.121. The van der Waals surface area contributed by atoms with Crippen LogP contribution >= 0.6 is 11.6 Å². The molecule has 0 N–H and O–H groups in total. The molecule has 1 aromatic heterocycles. The number of halogens is 1. The summed E-state index contributed by atoms with van der Waals surface area (Å²) in [5, 5.41) is 0.838. The molecule has 3 aromatic rings. The molecule has 0 radical (unpaired) electrons. The number of hydrogen-bond donors (Lipinski definition) is 0. The number of unbranched alkanes of at least 4 members (excludes halogenated alkanes) is 3. The number of nitrogens with zero attached hydrogens (tertiary/aromatic N) is 2. The zero-order chi connectivity index (χ0) is 24.9. The second kappa shape index (κ2) is 11.3. The van der Waals surface area contributed by atoms with E-state index in [-0.39, 0.29) is 17.1 Å². The van der Waals surface area contributed by atoms with E-state index in [1.54, 1.807) is 23.1 Å². The van der Waals surface area contributed by atoms with Gasteiger partial charge < -0.3 is 19.0 Å². The molecule has 1 amide bonds. The molecule has 1 aliphatic rings. The van der Waals surface area contributed by atoms with Crippen LogP contribution < -0.4 is 10.2 Å². The first-order valence-electron chi connectivity index (χ1n) is 12.4. The predicted molar refractivity (Wildman–Crippen MR) is 140 cm³/mol. The van der Waals surface area contributed by atoms with E-state index in [1.165, 1.54) is 12.8 Å². The number of benzene rings is 2. The molecule has 6 nitrogen and oxygen atoms in total. The maximum Gasteiger partial charge on any atom is 0.290 e. The molecule has 0 spiro atoms. The third kappa shape index (κ3) is 5.54. The van der Waals surface area contributed by atoms with Gasteiger partial charge in [0.2, 0.25) is 5.76 Å². The molecule has 186 valence electrons. The van der Waals surface area contributed by atoms with Crippen molar-refractivity contribution < 1.29 is 13.9 Å². The first-order valence-corrected chi connectivity index (χ1v) is 12.7. The molecule has 1 atom stereocenters. The van der Waals surface area contributed by atoms with E-state index in [1.807, 2.05) is 38.4 Å². The van der Waals surface area contributed by atoms with Gasteiger partial charge in [0.15, 0.2) is 5.43 Å². The van der Waals surface area contributed by atoms with Gasteiger partial charge in [0.25, 0.3) is 5.91 Å². The van der Waals surface area contributed by atoms with Gasteiger partial charge in [-0.25, -0.2) is 0 Å². The van der Waals surface area contributed by atoms with Gasteiger partial charge in [0.05, 0.1) is 23.6 Å². The van der Waals surface area contributed by atoms with Crippen molar-refractivity contribution in [2.24, 2.45) is 0 Å². The molecule has 0 aliphatic carbocycles. The molecule has 0 saturated heterocycles. The third-order valence-electron chi connectivity index (χ3n) is 6.39. The summed E-state index contributed by atoms with van der Waals surface area (Å²) in [7, 11) is 4.00. The highest BCUT2D eigenvalue weighted by molar-refractivity contribution is 6.31. The van der Waals surface area contributed by atoms with Crippen molar-refractivity contribution >= 4 is 28.5 Å². The van der Waals surface area contributed by atoms with E-state index in [0.29, 0.717) is 34.7 Å². The lowest BCUT2D eigenvalue weighted by molar-refractivity contribution is 0.0722. The van der Waals surface area contributed by atoms with Crippen molar-refractivity contribution in [2.45, 2.75) is 45.1 Å². The number of fused-ring (bicyclic) bond motifs is 2. The number of carbonyl (C=O) groups is 1. The molecule has 7 heteroatoms. The minimum Gasteiger partial charge on any atom is -0.494 e. The van der Waals surface area contributed by atoms with Crippen LogP contribution in [0.1, 0.15) is 66.8 Å². The Kier molecular flexibility index (Phi) is 8.14. The first kappa shape index (κ1) is 25.3. The lowest BCUT2D eigenvalue weighted by atomic mass is 9.98. The molecule has 0 fully saturated rings. The highest BCUT2D eigenvalue weighted by Crippen LogP contribution is 2.39. The first-order chi connectivity index (χ1) is 16.9. The van der Waals surface area contributed by atoms with Crippen LogP contribution in [0.5, 0.6) is 5.75 Å². The molecular weight excluding hydrogens is 464 g/mol. The third-order valence-corrected chi connectivity index (χ3v) is 6.63. The van der Waals surface area contributed by atoms with E-state index < -0.39 is 6.04 Å². The average molecular weight is 497 g/mol. The van der Waals surface area contributed by atoms with Crippen LogP contribution in [0.15, 0.2) is 51.7 Å². The molecule has 1 unspecified atom stereocenters. The lowest BCUT2D eigenvalue weighted by Gasteiger charge is -2.26. The largest absolute Gasteiger partial charge is 0.494 e. The lowest BCUT2D eigenvalue weighted by Crippen LogP contribution is -2.32. The van der Waals surface area contributed by atoms with Crippen molar-refractivity contribution in [3.8, 4) is 5.75 Å². The number of rotatable bonds is 11. The number of carbonyl (C=O) groups excluding carboxylic acids is 1. The van der Waals surface area contributed by atoms with Crippen molar-refractivity contribution in [1.82, 2.24) is 9.80 Å². The second-order valence-corrected chi connectivity index (χ2v) is 9.79. The zero-order valence-electron chi connectivity index (χ0n) is 20.7. The van der Waals surface area contributed by atoms with E-state index in [2.05, 4.69) is 11.8 Å². The van der Waals surface area contributed by atoms with E-state index in [0.717, 1.165) is 37.1 Å². The molecule has 2 heterocycles. The molecule has 4 rings (SSSR count). The Labute approximate surface area is 211 Å². The summed E-state index contributed by atoms with van der Waals surface area (Å²) in [4.78, 5) is 30.9. The maximum absolute atomic E-state index is 13.6. The van der Waals surface area contributed by atoms with Crippen molar-refractivity contribution in [2.75, 3.05) is 33.8 Å². The number of hydrogen-bond acceptors (Lipinski definition) is 5. The summed E-state index contributed by atoms with van der Waals surface area (Å²) >= 11 is 6.16. The van der Waals surface area contributed by atoms with Crippen LogP contribution in [-0.2, 0) is 0 Å².